The minimum atomic E-state index is -5.37. The van der Waals surface area contributed by atoms with Crippen molar-refractivity contribution in [1.82, 2.24) is 15.0 Å². The number of rotatable bonds is 4. The van der Waals surface area contributed by atoms with Gasteiger partial charge in [0.1, 0.15) is 20.2 Å². The van der Waals surface area contributed by atoms with Crippen LogP contribution in [0.2, 0.25) is 15.9 Å². The van der Waals surface area contributed by atoms with Crippen LogP contribution in [0.5, 0.6) is 0 Å². The largest absolute Gasteiger partial charge is 1.00 e. The van der Waals surface area contributed by atoms with Gasteiger partial charge in [-0.2, -0.15) is 15.0 Å². The summed E-state index contributed by atoms with van der Waals surface area (Å²) in [5, 5.41) is 0.00000000000000178. The van der Waals surface area contributed by atoms with Crippen molar-refractivity contribution in [2.24, 2.45) is 0 Å². The number of nitrogen functional groups attached to an aromatic ring is 2. The molecule has 4 N–H and O–H groups in total. The Hall–Kier alpha value is -0.520. The Morgan fingerprint density at radius 1 is 0.686 bits per heavy atom. The molecule has 35 heavy (non-hydrogen) atoms. The third-order valence-electron chi connectivity index (χ3n) is 3.68. The molecule has 176 valence electrons. The molecule has 2 aromatic carbocycles. The van der Waals surface area contributed by atoms with Gasteiger partial charge in [0.2, 0.25) is 15.9 Å². The average molecular weight is 599 g/mol. The van der Waals surface area contributed by atoms with E-state index >= 15 is 0 Å². The number of aromatic nitrogens is 3. The molecule has 3 rings (SSSR count). The van der Waals surface area contributed by atoms with Gasteiger partial charge >= 0.3 is 59.1 Å². The number of hydrogen-bond acceptors (Lipinski definition) is 11. The van der Waals surface area contributed by atoms with E-state index in [0.717, 1.165) is 6.07 Å². The Kier molecular flexibility index (Phi) is 14.2. The van der Waals surface area contributed by atoms with Crippen LogP contribution in [-0.2, 0) is 20.2 Å². The smallest absolute Gasteiger partial charge is 0.744 e. The molecule has 0 aliphatic heterocycles. The fourth-order valence-electron chi connectivity index (χ4n) is 2.43. The van der Waals surface area contributed by atoms with Crippen molar-refractivity contribution in [3.8, 4) is 0 Å². The number of anilines is 2. The zero-order valence-corrected chi connectivity index (χ0v) is 25.9. The van der Waals surface area contributed by atoms with Crippen molar-refractivity contribution >= 4 is 76.2 Å². The molecule has 3 aromatic rings. The molecule has 1 heterocycles. The Morgan fingerprint density at radius 3 is 1.51 bits per heavy atom. The normalized spacial score (nSPS) is 11.7. The standard InChI is InChI=1S/C14H14N2O6S2.C3Cl3N3.2Na/c15-11-8-4-7-10(12(11)16)14(24(20,21)22)13(23(17,18)19)9-5-2-1-3-6-9;4-1-7-2(5)9-3(6)8-1;;/h1-8H,15-16H2,(H,17,18,19)(H,20,21,22);;;/q;;2*+1/p-2. The van der Waals surface area contributed by atoms with E-state index in [-0.39, 0.29) is 91.9 Å². The maximum atomic E-state index is 11.7. The van der Waals surface area contributed by atoms with E-state index < -0.39 is 35.6 Å². The van der Waals surface area contributed by atoms with Crippen LogP contribution >= 0.6 is 34.8 Å². The molecule has 0 amide bonds. The summed E-state index contributed by atoms with van der Waals surface area (Å²) in [5.41, 5.74) is 10.2. The predicted octanol–water partition coefficient (Wildman–Crippen LogP) is -3.39. The summed E-state index contributed by atoms with van der Waals surface area (Å²) < 4.78 is 70.3. The first kappa shape index (κ1) is 34.5. The van der Waals surface area contributed by atoms with E-state index in [1.54, 1.807) is 0 Å². The molecule has 1 aromatic heterocycles. The van der Waals surface area contributed by atoms with Gasteiger partial charge in [0, 0.05) is 5.56 Å². The van der Waals surface area contributed by atoms with Gasteiger partial charge in [-0.3, -0.25) is 0 Å². The van der Waals surface area contributed by atoms with Gasteiger partial charge in [0.15, 0.2) is 0 Å². The van der Waals surface area contributed by atoms with Crippen molar-refractivity contribution < 1.29 is 85.1 Å². The molecule has 18 heteroatoms. The molecule has 0 aliphatic carbocycles. The molecule has 0 aliphatic rings. The van der Waals surface area contributed by atoms with Crippen LogP contribution in [0.15, 0.2) is 48.5 Å². The van der Waals surface area contributed by atoms with Crippen LogP contribution in [0.3, 0.4) is 0 Å². The molecule has 0 unspecified atom stereocenters. The number of nitrogens with zero attached hydrogens (tertiary/aromatic N) is 3. The third-order valence-corrected chi connectivity index (χ3v) is 6.18. The van der Waals surface area contributed by atoms with Crippen LogP contribution in [0.1, 0.15) is 11.1 Å². The summed E-state index contributed by atoms with van der Waals surface area (Å²) >= 11 is 16.0. The van der Waals surface area contributed by atoms with E-state index in [0.29, 0.717) is 0 Å². The first-order valence-electron chi connectivity index (χ1n) is 8.30. The minimum Gasteiger partial charge on any atom is -0.744 e. The van der Waals surface area contributed by atoms with Crippen molar-refractivity contribution in [1.29, 1.82) is 0 Å². The van der Waals surface area contributed by atoms with Gasteiger partial charge in [0.25, 0.3) is 0 Å². The number of nitrogens with two attached hydrogens (primary N) is 2. The number of para-hydroxylation sites is 1. The molecular weight excluding hydrogens is 587 g/mol. The van der Waals surface area contributed by atoms with Gasteiger partial charge < -0.3 is 20.6 Å². The summed E-state index contributed by atoms with van der Waals surface area (Å²) in [6, 6.07) is 10.4. The number of benzene rings is 2. The number of hydrogen-bond donors (Lipinski definition) is 2. The molecule has 0 bridgehead atoms. The van der Waals surface area contributed by atoms with Crippen molar-refractivity contribution in [2.75, 3.05) is 11.5 Å². The molecule has 0 atom stereocenters. The zero-order chi connectivity index (χ0) is 25.0. The van der Waals surface area contributed by atoms with Crippen LogP contribution in [0, 0.1) is 0 Å². The molecule has 0 saturated carbocycles. The SMILES string of the molecule is Clc1nc(Cl)nc(Cl)n1.Nc1cccc(C(=C(c2ccccc2)S(=O)(=O)[O-])S(=O)(=O)[O-])c1N.[Na+].[Na+]. The van der Waals surface area contributed by atoms with Crippen LogP contribution in [0.25, 0.3) is 9.81 Å². The summed E-state index contributed by atoms with van der Waals surface area (Å²) in [5.74, 6) is 0. The van der Waals surface area contributed by atoms with E-state index in [9.17, 15) is 25.9 Å². The summed E-state index contributed by atoms with van der Waals surface area (Å²) in [4.78, 5) is 7.98. The van der Waals surface area contributed by atoms with Crippen LogP contribution in [0.4, 0.5) is 11.4 Å². The Morgan fingerprint density at radius 2 is 1.11 bits per heavy atom. The second-order valence-electron chi connectivity index (χ2n) is 5.88. The maximum absolute atomic E-state index is 11.7. The Bertz CT molecular complexity index is 1380. The van der Waals surface area contributed by atoms with Gasteiger partial charge in [0.05, 0.1) is 21.2 Å². The Balaban J connectivity index is 0.000000890. The molecule has 0 fully saturated rings. The summed E-state index contributed by atoms with van der Waals surface area (Å²) in [6.07, 6.45) is 0. The third kappa shape index (κ3) is 10.0. The Labute approximate surface area is 260 Å². The molecule has 0 radical (unpaired) electrons. The van der Waals surface area contributed by atoms with Crippen molar-refractivity contribution in [2.45, 2.75) is 0 Å². The number of halogens is 3. The van der Waals surface area contributed by atoms with Crippen molar-refractivity contribution in [3.05, 3.63) is 75.5 Å². The zero-order valence-electron chi connectivity index (χ0n) is 18.0. The summed E-state index contributed by atoms with van der Waals surface area (Å²) in [6.45, 7) is 0. The van der Waals surface area contributed by atoms with E-state index in [4.69, 9.17) is 46.3 Å². The second kappa shape index (κ2) is 14.4. The molecule has 0 saturated heterocycles. The fourth-order valence-corrected chi connectivity index (χ4v) is 5.21. The van der Waals surface area contributed by atoms with E-state index in [1.165, 1.54) is 42.5 Å². The van der Waals surface area contributed by atoms with Gasteiger partial charge in [-0.05, 0) is 46.4 Å². The monoisotopic (exact) mass is 597 g/mol. The predicted molar refractivity (Wildman–Crippen MR) is 123 cm³/mol. The topological polar surface area (TPSA) is 205 Å². The van der Waals surface area contributed by atoms with E-state index in [1.807, 2.05) is 0 Å². The van der Waals surface area contributed by atoms with Crippen LogP contribution in [-0.4, -0.2) is 40.9 Å². The quantitative estimate of drug-likeness (QED) is 0.131. The van der Waals surface area contributed by atoms with Crippen molar-refractivity contribution in [3.63, 3.8) is 0 Å². The van der Waals surface area contributed by atoms with Gasteiger partial charge in [-0.1, -0.05) is 42.5 Å². The average Bonchev–Trinajstić information content (AvgIpc) is 2.67. The second-order valence-corrected chi connectivity index (χ2v) is 9.53. The molecular formula is C17H12Cl3N5Na2O6S2. The first-order chi connectivity index (χ1) is 15.2. The maximum Gasteiger partial charge on any atom is 1.00 e. The first-order valence-corrected chi connectivity index (χ1v) is 12.2. The van der Waals surface area contributed by atoms with Gasteiger partial charge in [-0.15, -0.1) is 0 Å². The van der Waals surface area contributed by atoms with Crippen LogP contribution < -0.4 is 70.6 Å². The summed E-state index contributed by atoms with van der Waals surface area (Å²) in [7, 11) is -10.7. The van der Waals surface area contributed by atoms with Gasteiger partial charge in [-0.25, -0.2) is 16.8 Å². The molecule has 0 spiro atoms. The van der Waals surface area contributed by atoms with E-state index in [2.05, 4.69) is 15.0 Å². The molecule has 11 nitrogen and oxygen atoms in total. The minimum absolute atomic E-state index is 0. The fraction of sp³-hybridized carbons (Fsp3) is 0.